The number of thiazole rings is 1. The smallest absolute Gasteiger partial charge is 0.339 e. The number of rotatable bonds is 3. The molecule has 0 amide bonds. The Morgan fingerprint density at radius 2 is 2.29 bits per heavy atom. The Hall–Kier alpha value is -1.47. The number of hydrogen-bond acceptors (Lipinski definition) is 4. The number of benzene rings is 1. The molecule has 0 spiro atoms. The second-order valence-electron chi connectivity index (χ2n) is 2.98. The summed E-state index contributed by atoms with van der Waals surface area (Å²) in [5.74, 6) is -1.82. The number of aromatic nitrogens is 1. The van der Waals surface area contributed by atoms with Gasteiger partial charge in [-0.1, -0.05) is 11.3 Å². The summed E-state index contributed by atoms with van der Waals surface area (Å²) >= 11 is 4.31. The summed E-state index contributed by atoms with van der Waals surface area (Å²) in [5.41, 5.74) is -0.113. The molecule has 0 aliphatic rings. The van der Waals surface area contributed by atoms with Gasteiger partial charge < -0.3 is 9.84 Å². The lowest BCUT2D eigenvalue weighted by atomic mass is 10.2. The van der Waals surface area contributed by atoms with E-state index in [0.29, 0.717) is 4.60 Å². The minimum atomic E-state index is -1.18. The molecule has 7 heteroatoms. The van der Waals surface area contributed by atoms with Gasteiger partial charge in [-0.05, 0) is 28.1 Å². The lowest BCUT2D eigenvalue weighted by Gasteiger charge is -2.05. The first-order valence-corrected chi connectivity index (χ1v) is 6.05. The molecule has 0 saturated heterocycles. The standard InChI is InChI=1S/C10H5BrFNO3S/c11-8-4-17-10(13-8)16-7-3-5(12)1-2-6(7)9(14)15/h1-4H,(H,14,15). The zero-order valence-corrected chi connectivity index (χ0v) is 10.6. The van der Waals surface area contributed by atoms with Crippen molar-refractivity contribution in [2.45, 2.75) is 0 Å². The van der Waals surface area contributed by atoms with Crippen LogP contribution in [-0.2, 0) is 0 Å². The number of aromatic carboxylic acids is 1. The first kappa shape index (κ1) is 12.0. The van der Waals surface area contributed by atoms with E-state index in [9.17, 15) is 9.18 Å². The third-order valence-electron chi connectivity index (χ3n) is 1.83. The van der Waals surface area contributed by atoms with Gasteiger partial charge in [0, 0.05) is 11.4 Å². The summed E-state index contributed by atoms with van der Waals surface area (Å²) in [4.78, 5) is 14.8. The van der Waals surface area contributed by atoms with E-state index in [1.54, 1.807) is 5.38 Å². The normalized spacial score (nSPS) is 10.2. The lowest BCUT2D eigenvalue weighted by Crippen LogP contribution is -2.00. The SMILES string of the molecule is O=C(O)c1ccc(F)cc1Oc1nc(Br)cs1. The maximum Gasteiger partial charge on any atom is 0.339 e. The molecule has 0 unspecified atom stereocenters. The van der Waals surface area contributed by atoms with Crippen LogP contribution in [0.3, 0.4) is 0 Å². The minimum Gasteiger partial charge on any atom is -0.478 e. The second-order valence-corrected chi connectivity index (χ2v) is 4.62. The van der Waals surface area contributed by atoms with Gasteiger partial charge in [0.25, 0.3) is 5.19 Å². The number of carboxylic acid groups (broad SMARTS) is 1. The Labute approximate surface area is 108 Å². The molecule has 88 valence electrons. The van der Waals surface area contributed by atoms with Crippen molar-refractivity contribution < 1.29 is 19.0 Å². The van der Waals surface area contributed by atoms with E-state index in [1.165, 1.54) is 11.3 Å². The Balaban J connectivity index is 2.37. The number of halogens is 2. The summed E-state index contributed by atoms with van der Waals surface area (Å²) < 4.78 is 18.8. The van der Waals surface area contributed by atoms with Crippen molar-refractivity contribution in [1.29, 1.82) is 0 Å². The van der Waals surface area contributed by atoms with Gasteiger partial charge in [-0.3, -0.25) is 0 Å². The van der Waals surface area contributed by atoms with Crippen molar-refractivity contribution >= 4 is 33.2 Å². The number of nitrogens with zero attached hydrogens (tertiary/aromatic N) is 1. The molecule has 0 saturated carbocycles. The molecule has 0 aliphatic heterocycles. The van der Waals surface area contributed by atoms with E-state index in [-0.39, 0.29) is 16.5 Å². The van der Waals surface area contributed by atoms with Crippen LogP contribution in [-0.4, -0.2) is 16.1 Å². The molecular formula is C10H5BrFNO3S. The Morgan fingerprint density at radius 1 is 1.53 bits per heavy atom. The van der Waals surface area contributed by atoms with E-state index in [1.807, 2.05) is 0 Å². The molecular weight excluding hydrogens is 313 g/mol. The average Bonchev–Trinajstić information content (AvgIpc) is 2.63. The third-order valence-corrected chi connectivity index (χ3v) is 3.25. The minimum absolute atomic E-state index is 0.0700. The molecule has 17 heavy (non-hydrogen) atoms. The van der Waals surface area contributed by atoms with E-state index >= 15 is 0 Å². The summed E-state index contributed by atoms with van der Waals surface area (Å²) in [7, 11) is 0. The van der Waals surface area contributed by atoms with Gasteiger partial charge in [0.1, 0.15) is 21.7 Å². The van der Waals surface area contributed by atoms with Crippen LogP contribution in [0.2, 0.25) is 0 Å². The predicted octanol–water partition coefficient (Wildman–Crippen LogP) is 3.54. The molecule has 1 heterocycles. The van der Waals surface area contributed by atoms with Gasteiger partial charge in [0.05, 0.1) is 0 Å². The molecule has 2 aromatic rings. The van der Waals surface area contributed by atoms with Crippen molar-refractivity contribution in [3.05, 3.63) is 39.6 Å². The summed E-state index contributed by atoms with van der Waals surface area (Å²) in [6.45, 7) is 0. The summed E-state index contributed by atoms with van der Waals surface area (Å²) in [5, 5.41) is 10.8. The molecule has 1 aromatic carbocycles. The fourth-order valence-electron chi connectivity index (χ4n) is 1.14. The van der Waals surface area contributed by atoms with Crippen LogP contribution in [0.15, 0.2) is 28.2 Å². The van der Waals surface area contributed by atoms with Crippen LogP contribution in [0.25, 0.3) is 0 Å². The molecule has 0 bridgehead atoms. The van der Waals surface area contributed by atoms with Crippen LogP contribution >= 0.6 is 27.3 Å². The molecule has 4 nitrogen and oxygen atoms in total. The van der Waals surface area contributed by atoms with Gasteiger partial charge in [-0.2, -0.15) is 4.98 Å². The molecule has 2 rings (SSSR count). The van der Waals surface area contributed by atoms with Crippen LogP contribution in [0.4, 0.5) is 4.39 Å². The van der Waals surface area contributed by atoms with Gasteiger partial charge in [0.15, 0.2) is 0 Å². The first-order valence-electron chi connectivity index (χ1n) is 4.38. The maximum atomic E-state index is 13.0. The van der Waals surface area contributed by atoms with Crippen LogP contribution < -0.4 is 4.74 Å². The quantitative estimate of drug-likeness (QED) is 0.940. The number of carbonyl (C=O) groups is 1. The fraction of sp³-hybridized carbons (Fsp3) is 0. The van der Waals surface area contributed by atoms with E-state index in [4.69, 9.17) is 9.84 Å². The predicted molar refractivity (Wildman–Crippen MR) is 63.2 cm³/mol. The molecule has 0 atom stereocenters. The molecule has 0 fully saturated rings. The van der Waals surface area contributed by atoms with Crippen molar-refractivity contribution in [2.24, 2.45) is 0 Å². The highest BCUT2D eigenvalue weighted by Gasteiger charge is 2.14. The van der Waals surface area contributed by atoms with E-state index in [2.05, 4.69) is 20.9 Å². The van der Waals surface area contributed by atoms with Crippen LogP contribution in [0, 0.1) is 5.82 Å². The Bertz CT molecular complexity index is 572. The second kappa shape index (κ2) is 4.80. The first-order chi connectivity index (χ1) is 8.06. The number of ether oxygens (including phenoxy) is 1. The average molecular weight is 318 g/mol. The summed E-state index contributed by atoms with van der Waals surface area (Å²) in [6, 6.07) is 3.22. The maximum absolute atomic E-state index is 13.0. The molecule has 0 aliphatic carbocycles. The zero-order chi connectivity index (χ0) is 12.4. The molecule has 1 aromatic heterocycles. The highest BCUT2D eigenvalue weighted by molar-refractivity contribution is 9.10. The Morgan fingerprint density at radius 3 is 2.88 bits per heavy atom. The number of hydrogen-bond donors (Lipinski definition) is 1. The molecule has 0 radical (unpaired) electrons. The van der Waals surface area contributed by atoms with Crippen molar-refractivity contribution in [3.8, 4) is 10.9 Å². The third kappa shape index (κ3) is 2.80. The van der Waals surface area contributed by atoms with Gasteiger partial charge in [0.2, 0.25) is 0 Å². The van der Waals surface area contributed by atoms with Crippen molar-refractivity contribution in [1.82, 2.24) is 4.98 Å². The highest BCUT2D eigenvalue weighted by atomic mass is 79.9. The topological polar surface area (TPSA) is 59.4 Å². The zero-order valence-electron chi connectivity index (χ0n) is 8.18. The highest BCUT2D eigenvalue weighted by Crippen LogP contribution is 2.30. The fourth-order valence-corrected chi connectivity index (χ4v) is 2.24. The van der Waals surface area contributed by atoms with Crippen molar-refractivity contribution in [3.63, 3.8) is 0 Å². The monoisotopic (exact) mass is 317 g/mol. The summed E-state index contributed by atoms with van der Waals surface area (Å²) in [6.07, 6.45) is 0. The van der Waals surface area contributed by atoms with Crippen LogP contribution in [0.5, 0.6) is 10.9 Å². The number of carboxylic acids is 1. The Kier molecular flexibility index (Phi) is 3.39. The largest absolute Gasteiger partial charge is 0.478 e. The van der Waals surface area contributed by atoms with E-state index < -0.39 is 11.8 Å². The molecule has 1 N–H and O–H groups in total. The lowest BCUT2D eigenvalue weighted by molar-refractivity contribution is 0.0694. The van der Waals surface area contributed by atoms with Crippen molar-refractivity contribution in [2.75, 3.05) is 0 Å². The van der Waals surface area contributed by atoms with Gasteiger partial charge >= 0.3 is 5.97 Å². The van der Waals surface area contributed by atoms with Gasteiger partial charge in [-0.15, -0.1) is 0 Å². The van der Waals surface area contributed by atoms with Crippen LogP contribution in [0.1, 0.15) is 10.4 Å². The van der Waals surface area contributed by atoms with E-state index in [0.717, 1.165) is 18.2 Å². The van der Waals surface area contributed by atoms with Gasteiger partial charge in [-0.25, -0.2) is 9.18 Å².